The van der Waals surface area contributed by atoms with Gasteiger partial charge < -0.3 is 19.5 Å². The summed E-state index contributed by atoms with van der Waals surface area (Å²) < 4.78 is 10.6. The van der Waals surface area contributed by atoms with Gasteiger partial charge in [0.05, 0.1) is 25.2 Å². The van der Waals surface area contributed by atoms with Crippen LogP contribution in [0.15, 0.2) is 18.2 Å². The SMILES string of the molecule is COCCN1C(=O)CC[C@H](C(=O)O)[C@@H]1c1ccc2c(c1)CCO2. The van der Waals surface area contributed by atoms with Crippen LogP contribution in [-0.4, -0.2) is 48.8 Å². The summed E-state index contributed by atoms with van der Waals surface area (Å²) in [4.78, 5) is 25.7. The van der Waals surface area contributed by atoms with Gasteiger partial charge in [-0.2, -0.15) is 0 Å². The number of carbonyl (C=O) groups is 2. The Labute approximate surface area is 135 Å². The number of aliphatic carboxylic acids is 1. The molecule has 1 aromatic rings. The second kappa shape index (κ2) is 6.58. The number of carboxylic acids is 1. The van der Waals surface area contributed by atoms with E-state index >= 15 is 0 Å². The predicted molar refractivity (Wildman–Crippen MR) is 82.3 cm³/mol. The van der Waals surface area contributed by atoms with Crippen LogP contribution in [0.1, 0.15) is 30.0 Å². The van der Waals surface area contributed by atoms with E-state index in [1.165, 1.54) is 0 Å². The van der Waals surface area contributed by atoms with Gasteiger partial charge in [0.1, 0.15) is 5.75 Å². The Kier molecular flexibility index (Phi) is 4.52. The molecule has 2 aliphatic rings. The smallest absolute Gasteiger partial charge is 0.308 e. The fourth-order valence-electron chi connectivity index (χ4n) is 3.47. The molecule has 6 nitrogen and oxygen atoms in total. The van der Waals surface area contributed by atoms with E-state index in [1.807, 2.05) is 18.2 Å². The number of methoxy groups -OCH3 is 1. The Hall–Kier alpha value is -2.08. The number of hydrogen-bond acceptors (Lipinski definition) is 4. The molecule has 0 saturated carbocycles. The molecule has 0 bridgehead atoms. The Morgan fingerprint density at radius 2 is 2.26 bits per heavy atom. The van der Waals surface area contributed by atoms with E-state index in [-0.39, 0.29) is 12.3 Å². The van der Waals surface area contributed by atoms with Gasteiger partial charge in [0.25, 0.3) is 0 Å². The van der Waals surface area contributed by atoms with E-state index in [2.05, 4.69) is 0 Å². The number of amides is 1. The number of ether oxygens (including phenoxy) is 2. The van der Waals surface area contributed by atoms with Crippen LogP contribution in [0.5, 0.6) is 5.75 Å². The van der Waals surface area contributed by atoms with Gasteiger partial charge >= 0.3 is 5.97 Å². The minimum Gasteiger partial charge on any atom is -0.493 e. The largest absolute Gasteiger partial charge is 0.493 e. The number of benzene rings is 1. The van der Waals surface area contributed by atoms with Crippen LogP contribution in [0.3, 0.4) is 0 Å². The summed E-state index contributed by atoms with van der Waals surface area (Å²) in [6, 6.07) is 5.30. The normalized spacial score (nSPS) is 23.5. The van der Waals surface area contributed by atoms with Crippen molar-refractivity contribution in [3.8, 4) is 5.75 Å². The highest BCUT2D eigenvalue weighted by atomic mass is 16.5. The monoisotopic (exact) mass is 319 g/mol. The Bertz CT molecular complexity index is 615. The van der Waals surface area contributed by atoms with E-state index < -0.39 is 17.9 Å². The topological polar surface area (TPSA) is 76.1 Å². The van der Waals surface area contributed by atoms with Crippen molar-refractivity contribution in [1.82, 2.24) is 4.90 Å². The maximum atomic E-state index is 12.3. The first kappa shape index (κ1) is 15.8. The van der Waals surface area contributed by atoms with Gasteiger partial charge in [0.15, 0.2) is 0 Å². The van der Waals surface area contributed by atoms with E-state index in [1.54, 1.807) is 12.0 Å². The second-order valence-corrected chi connectivity index (χ2v) is 5.97. The zero-order chi connectivity index (χ0) is 16.4. The van der Waals surface area contributed by atoms with Crippen LogP contribution in [0.4, 0.5) is 0 Å². The van der Waals surface area contributed by atoms with Crippen molar-refractivity contribution in [1.29, 1.82) is 0 Å². The first-order valence-corrected chi connectivity index (χ1v) is 7.88. The molecule has 0 aliphatic carbocycles. The summed E-state index contributed by atoms with van der Waals surface area (Å²) >= 11 is 0. The van der Waals surface area contributed by atoms with Crippen molar-refractivity contribution < 1.29 is 24.2 Å². The third kappa shape index (κ3) is 3.03. The molecular formula is C17H21NO5. The number of likely N-dealkylation sites (tertiary alicyclic amines) is 1. The minimum atomic E-state index is -0.860. The van der Waals surface area contributed by atoms with E-state index in [0.717, 1.165) is 23.3 Å². The summed E-state index contributed by atoms with van der Waals surface area (Å²) in [6.45, 7) is 1.44. The molecule has 3 rings (SSSR count). The maximum Gasteiger partial charge on any atom is 0.308 e. The van der Waals surface area contributed by atoms with Crippen molar-refractivity contribution in [3.63, 3.8) is 0 Å². The third-order valence-corrected chi connectivity index (χ3v) is 4.62. The van der Waals surface area contributed by atoms with E-state index in [9.17, 15) is 14.7 Å². The third-order valence-electron chi connectivity index (χ3n) is 4.62. The van der Waals surface area contributed by atoms with Crippen LogP contribution >= 0.6 is 0 Å². The summed E-state index contributed by atoms with van der Waals surface area (Å²) in [6.07, 6.45) is 1.46. The molecule has 0 aromatic heterocycles. The molecule has 2 heterocycles. The molecule has 2 atom stereocenters. The van der Waals surface area contributed by atoms with Gasteiger partial charge in [0.2, 0.25) is 5.91 Å². The zero-order valence-corrected chi connectivity index (χ0v) is 13.2. The van der Waals surface area contributed by atoms with Gasteiger partial charge in [0, 0.05) is 26.5 Å². The Morgan fingerprint density at radius 3 is 3.00 bits per heavy atom. The number of hydrogen-bond donors (Lipinski definition) is 1. The molecule has 0 unspecified atom stereocenters. The number of fused-ring (bicyclic) bond motifs is 1. The Balaban J connectivity index is 1.96. The number of carboxylic acid groups (broad SMARTS) is 1. The standard InChI is InChI=1S/C17H21NO5/c1-22-9-7-18-15(19)5-3-13(17(20)21)16(18)12-2-4-14-11(10-12)6-8-23-14/h2,4,10,13,16H,3,5-9H2,1H3,(H,20,21)/t13-,16-/m0/s1. The highest BCUT2D eigenvalue weighted by molar-refractivity contribution is 5.81. The molecule has 1 saturated heterocycles. The van der Waals surface area contributed by atoms with Gasteiger partial charge in [-0.1, -0.05) is 6.07 Å². The summed E-state index contributed by atoms with van der Waals surface area (Å²) in [5.74, 6) is -0.612. The lowest BCUT2D eigenvalue weighted by molar-refractivity contribution is -0.152. The molecule has 1 fully saturated rings. The molecule has 23 heavy (non-hydrogen) atoms. The van der Waals surface area contributed by atoms with Crippen LogP contribution in [0.25, 0.3) is 0 Å². The van der Waals surface area contributed by atoms with Crippen molar-refractivity contribution in [2.24, 2.45) is 5.92 Å². The lowest BCUT2D eigenvalue weighted by Crippen LogP contribution is -2.46. The lowest BCUT2D eigenvalue weighted by atomic mass is 9.83. The number of piperidine rings is 1. The maximum absolute atomic E-state index is 12.3. The fourth-order valence-corrected chi connectivity index (χ4v) is 3.47. The predicted octanol–water partition coefficient (Wildman–Crippen LogP) is 1.63. The second-order valence-electron chi connectivity index (χ2n) is 5.97. The number of nitrogens with zero attached hydrogens (tertiary/aromatic N) is 1. The molecule has 2 aliphatic heterocycles. The summed E-state index contributed by atoms with van der Waals surface area (Å²) in [5, 5.41) is 9.60. The fraction of sp³-hybridized carbons (Fsp3) is 0.529. The molecule has 0 spiro atoms. The number of carbonyl (C=O) groups excluding carboxylic acids is 1. The van der Waals surface area contributed by atoms with Crippen molar-refractivity contribution >= 4 is 11.9 Å². The average molecular weight is 319 g/mol. The van der Waals surface area contributed by atoms with Crippen LogP contribution < -0.4 is 4.74 Å². The quantitative estimate of drug-likeness (QED) is 0.893. The molecule has 0 radical (unpaired) electrons. The van der Waals surface area contributed by atoms with Crippen molar-refractivity contribution in [3.05, 3.63) is 29.3 Å². The van der Waals surface area contributed by atoms with E-state index in [0.29, 0.717) is 26.2 Å². The van der Waals surface area contributed by atoms with Crippen LogP contribution in [-0.2, 0) is 20.7 Å². The van der Waals surface area contributed by atoms with Gasteiger partial charge in [-0.05, 0) is 29.7 Å². The van der Waals surface area contributed by atoms with Crippen molar-refractivity contribution in [2.45, 2.75) is 25.3 Å². The van der Waals surface area contributed by atoms with E-state index in [4.69, 9.17) is 9.47 Å². The van der Waals surface area contributed by atoms with Gasteiger partial charge in [-0.3, -0.25) is 9.59 Å². The molecule has 124 valence electrons. The molecule has 1 amide bonds. The lowest BCUT2D eigenvalue weighted by Gasteiger charge is -2.39. The number of rotatable bonds is 5. The highest BCUT2D eigenvalue weighted by Gasteiger charge is 2.40. The van der Waals surface area contributed by atoms with Crippen LogP contribution in [0, 0.1) is 5.92 Å². The van der Waals surface area contributed by atoms with Gasteiger partial charge in [-0.25, -0.2) is 0 Å². The summed E-state index contributed by atoms with van der Waals surface area (Å²) in [5.41, 5.74) is 1.95. The zero-order valence-electron chi connectivity index (χ0n) is 13.2. The highest BCUT2D eigenvalue weighted by Crippen LogP contribution is 2.39. The minimum absolute atomic E-state index is 0.0127. The molecule has 1 N–H and O–H groups in total. The first-order chi connectivity index (χ1) is 11.1. The average Bonchev–Trinajstić information content (AvgIpc) is 3.00. The van der Waals surface area contributed by atoms with Gasteiger partial charge in [-0.15, -0.1) is 0 Å². The molecular weight excluding hydrogens is 298 g/mol. The Morgan fingerprint density at radius 1 is 1.43 bits per heavy atom. The molecule has 1 aromatic carbocycles. The van der Waals surface area contributed by atoms with Crippen molar-refractivity contribution in [2.75, 3.05) is 26.9 Å². The van der Waals surface area contributed by atoms with Crippen LogP contribution in [0.2, 0.25) is 0 Å². The first-order valence-electron chi connectivity index (χ1n) is 7.88. The molecule has 6 heteroatoms. The summed E-state index contributed by atoms with van der Waals surface area (Å²) in [7, 11) is 1.57.